The molecule has 1 fully saturated rings. The molecule has 3 aromatic rings. The molecule has 1 atom stereocenters. The summed E-state index contributed by atoms with van der Waals surface area (Å²) in [7, 11) is 0. The zero-order valence-electron chi connectivity index (χ0n) is 21.3. The van der Waals surface area contributed by atoms with Crippen LogP contribution in [-0.2, 0) is 18.9 Å². The molecule has 0 spiro atoms. The Morgan fingerprint density at radius 1 is 0.737 bits per heavy atom. The van der Waals surface area contributed by atoms with Crippen LogP contribution in [0.25, 0.3) is 0 Å². The van der Waals surface area contributed by atoms with Crippen LogP contribution in [0.5, 0.6) is 0 Å². The lowest BCUT2D eigenvalue weighted by Gasteiger charge is -2.41. The third-order valence-electron chi connectivity index (χ3n) is 7.01. The number of anilines is 1. The van der Waals surface area contributed by atoms with Crippen molar-refractivity contribution < 1.29 is 26.3 Å². The SMILES string of the molecule is Cc1cccc(C)c1N1CCN(C(CNCc2cc(C(F)(F)F)cc(C(F)(F)F)c2)c2ccccc2)CC1. The Morgan fingerprint density at radius 3 is 1.82 bits per heavy atom. The van der Waals surface area contributed by atoms with E-state index in [1.54, 1.807) is 0 Å². The number of hydrogen-bond acceptors (Lipinski definition) is 3. The van der Waals surface area contributed by atoms with Crippen LogP contribution in [0.3, 0.4) is 0 Å². The summed E-state index contributed by atoms with van der Waals surface area (Å²) in [6.07, 6.45) is -9.73. The maximum absolute atomic E-state index is 13.3. The molecule has 0 aliphatic carbocycles. The van der Waals surface area contributed by atoms with Gasteiger partial charge in [-0.05, 0) is 54.3 Å². The van der Waals surface area contributed by atoms with Crippen LogP contribution in [0, 0.1) is 13.8 Å². The molecule has 1 aliphatic rings. The summed E-state index contributed by atoms with van der Waals surface area (Å²) < 4.78 is 79.5. The van der Waals surface area contributed by atoms with Crippen molar-refractivity contribution in [3.63, 3.8) is 0 Å². The van der Waals surface area contributed by atoms with E-state index in [-0.39, 0.29) is 24.2 Å². The second-order valence-corrected chi connectivity index (χ2v) is 9.73. The summed E-state index contributed by atoms with van der Waals surface area (Å²) in [5.74, 6) is 0. The summed E-state index contributed by atoms with van der Waals surface area (Å²) in [5, 5.41) is 3.13. The molecule has 204 valence electrons. The molecule has 1 N–H and O–H groups in total. The largest absolute Gasteiger partial charge is 0.416 e. The number of nitrogens with zero attached hydrogens (tertiary/aromatic N) is 2. The molecule has 0 radical (unpaired) electrons. The first-order valence-electron chi connectivity index (χ1n) is 12.5. The minimum atomic E-state index is -4.86. The molecule has 0 saturated carbocycles. The number of nitrogens with one attached hydrogen (secondary N) is 1. The number of aryl methyl sites for hydroxylation is 2. The summed E-state index contributed by atoms with van der Waals surface area (Å²) in [6.45, 7) is 7.65. The van der Waals surface area contributed by atoms with E-state index in [2.05, 4.69) is 41.1 Å². The Bertz CT molecular complexity index is 1160. The Morgan fingerprint density at radius 2 is 1.29 bits per heavy atom. The Hall–Kier alpha value is -3.04. The minimum Gasteiger partial charge on any atom is -0.369 e. The van der Waals surface area contributed by atoms with Gasteiger partial charge in [0.25, 0.3) is 0 Å². The summed E-state index contributed by atoms with van der Waals surface area (Å²) in [4.78, 5) is 4.69. The first kappa shape index (κ1) is 28.0. The standard InChI is InChI=1S/C29H31F6N3/c1-20-7-6-8-21(2)27(20)38-13-11-37(12-14-38)26(23-9-4-3-5-10-23)19-36-18-22-15-24(28(30,31)32)17-25(16-22)29(33,34)35/h3-10,15-17,26,36H,11-14,18-19H2,1-2H3. The van der Waals surface area contributed by atoms with Gasteiger partial charge in [0.1, 0.15) is 0 Å². The fourth-order valence-corrected chi connectivity index (χ4v) is 5.17. The number of piperazine rings is 1. The van der Waals surface area contributed by atoms with Gasteiger partial charge >= 0.3 is 12.4 Å². The molecule has 1 aliphatic heterocycles. The van der Waals surface area contributed by atoms with Crippen LogP contribution in [0.1, 0.15) is 39.4 Å². The Kier molecular flexibility index (Phi) is 8.37. The highest BCUT2D eigenvalue weighted by Crippen LogP contribution is 2.36. The lowest BCUT2D eigenvalue weighted by Crippen LogP contribution is -2.49. The molecule has 1 heterocycles. The van der Waals surface area contributed by atoms with E-state index in [0.29, 0.717) is 6.54 Å². The number of halogens is 6. The summed E-state index contributed by atoms with van der Waals surface area (Å²) in [6, 6.07) is 17.6. The molecule has 0 amide bonds. The van der Waals surface area contributed by atoms with Crippen molar-refractivity contribution in [2.75, 3.05) is 37.6 Å². The number of alkyl halides is 6. The molecular weight excluding hydrogens is 504 g/mol. The predicted octanol–water partition coefficient (Wildman–Crippen LogP) is 6.99. The van der Waals surface area contributed by atoms with Gasteiger partial charge in [-0.2, -0.15) is 26.3 Å². The van der Waals surface area contributed by atoms with E-state index in [1.807, 2.05) is 36.4 Å². The zero-order chi connectivity index (χ0) is 27.5. The molecule has 3 nitrogen and oxygen atoms in total. The highest BCUT2D eigenvalue weighted by molar-refractivity contribution is 5.59. The molecule has 38 heavy (non-hydrogen) atoms. The molecule has 9 heteroatoms. The van der Waals surface area contributed by atoms with Gasteiger partial charge in [0, 0.05) is 51.0 Å². The van der Waals surface area contributed by atoms with E-state index in [0.717, 1.165) is 43.9 Å². The number of para-hydroxylation sites is 1. The van der Waals surface area contributed by atoms with E-state index in [1.165, 1.54) is 16.8 Å². The van der Waals surface area contributed by atoms with Crippen LogP contribution in [-0.4, -0.2) is 37.6 Å². The first-order valence-corrected chi connectivity index (χ1v) is 12.5. The van der Waals surface area contributed by atoms with Crippen molar-refractivity contribution >= 4 is 5.69 Å². The summed E-state index contributed by atoms with van der Waals surface area (Å²) >= 11 is 0. The minimum absolute atomic E-state index is 0.0567. The predicted molar refractivity (Wildman–Crippen MR) is 137 cm³/mol. The maximum Gasteiger partial charge on any atom is 0.416 e. The lowest BCUT2D eigenvalue weighted by atomic mass is 10.0. The van der Waals surface area contributed by atoms with Crippen LogP contribution in [0.15, 0.2) is 66.7 Å². The molecule has 0 bridgehead atoms. The van der Waals surface area contributed by atoms with Gasteiger partial charge in [-0.3, -0.25) is 4.90 Å². The molecule has 0 aromatic heterocycles. The van der Waals surface area contributed by atoms with Gasteiger partial charge < -0.3 is 10.2 Å². The average molecular weight is 536 g/mol. The Balaban J connectivity index is 1.48. The van der Waals surface area contributed by atoms with Gasteiger partial charge in [-0.1, -0.05) is 48.5 Å². The highest BCUT2D eigenvalue weighted by atomic mass is 19.4. The second kappa shape index (κ2) is 11.4. The lowest BCUT2D eigenvalue weighted by molar-refractivity contribution is -0.143. The van der Waals surface area contributed by atoms with Crippen molar-refractivity contribution in [2.24, 2.45) is 0 Å². The van der Waals surface area contributed by atoms with Crippen LogP contribution in [0.4, 0.5) is 32.0 Å². The van der Waals surface area contributed by atoms with Crippen molar-refractivity contribution in [3.05, 3.63) is 100 Å². The van der Waals surface area contributed by atoms with Crippen LogP contribution >= 0.6 is 0 Å². The number of hydrogen-bond donors (Lipinski definition) is 1. The third kappa shape index (κ3) is 6.69. The van der Waals surface area contributed by atoms with Crippen molar-refractivity contribution in [1.82, 2.24) is 10.2 Å². The number of rotatable bonds is 7. The maximum atomic E-state index is 13.3. The zero-order valence-corrected chi connectivity index (χ0v) is 21.3. The third-order valence-corrected chi connectivity index (χ3v) is 7.01. The summed E-state index contributed by atoms with van der Waals surface area (Å²) in [5.41, 5.74) is 2.07. The van der Waals surface area contributed by atoms with Gasteiger partial charge in [0.15, 0.2) is 0 Å². The first-order chi connectivity index (χ1) is 17.9. The van der Waals surface area contributed by atoms with Crippen molar-refractivity contribution in [2.45, 2.75) is 38.8 Å². The molecule has 1 saturated heterocycles. The molecule has 3 aromatic carbocycles. The number of benzene rings is 3. The Labute approximate surface area is 219 Å². The molecule has 4 rings (SSSR count). The van der Waals surface area contributed by atoms with Crippen molar-refractivity contribution in [1.29, 1.82) is 0 Å². The smallest absolute Gasteiger partial charge is 0.369 e. The molecular formula is C29H31F6N3. The van der Waals surface area contributed by atoms with E-state index >= 15 is 0 Å². The van der Waals surface area contributed by atoms with Crippen LogP contribution < -0.4 is 10.2 Å². The van der Waals surface area contributed by atoms with Crippen molar-refractivity contribution in [3.8, 4) is 0 Å². The monoisotopic (exact) mass is 535 g/mol. The van der Waals surface area contributed by atoms with Gasteiger partial charge in [0.05, 0.1) is 11.1 Å². The second-order valence-electron chi connectivity index (χ2n) is 9.73. The van der Waals surface area contributed by atoms with E-state index in [4.69, 9.17) is 0 Å². The fraction of sp³-hybridized carbons (Fsp3) is 0.379. The fourth-order valence-electron chi connectivity index (χ4n) is 5.17. The highest BCUT2D eigenvalue weighted by Gasteiger charge is 2.37. The topological polar surface area (TPSA) is 18.5 Å². The van der Waals surface area contributed by atoms with Gasteiger partial charge in [-0.25, -0.2) is 0 Å². The van der Waals surface area contributed by atoms with E-state index < -0.39 is 23.5 Å². The van der Waals surface area contributed by atoms with Crippen LogP contribution in [0.2, 0.25) is 0 Å². The molecule has 1 unspecified atom stereocenters. The van der Waals surface area contributed by atoms with E-state index in [9.17, 15) is 26.3 Å². The van der Waals surface area contributed by atoms with Gasteiger partial charge in [-0.15, -0.1) is 0 Å². The quantitative estimate of drug-likeness (QED) is 0.329. The normalized spacial score (nSPS) is 16.1. The average Bonchev–Trinajstić information content (AvgIpc) is 2.86. The van der Waals surface area contributed by atoms with Gasteiger partial charge in [0.2, 0.25) is 0 Å².